The quantitative estimate of drug-likeness (QED) is 0.433. The SMILES string of the molecule is COc1cc(Nc2c(C(N)=O)cnc3c(C)cc(S(=O)(=O)C4CCN(C(=O)OC(C)(C)C)CC4)cc23)ccc1F. The van der Waals surface area contributed by atoms with Crippen LogP contribution in [0.15, 0.2) is 41.4 Å². The smallest absolute Gasteiger partial charge is 0.410 e. The summed E-state index contributed by atoms with van der Waals surface area (Å²) in [4.78, 5) is 30.7. The van der Waals surface area contributed by atoms with Crippen molar-refractivity contribution < 1.29 is 31.9 Å². The van der Waals surface area contributed by atoms with Gasteiger partial charge >= 0.3 is 6.09 Å². The number of primary amides is 1. The minimum Gasteiger partial charge on any atom is -0.494 e. The lowest BCUT2D eigenvalue weighted by atomic mass is 10.1. The van der Waals surface area contributed by atoms with Crippen LogP contribution in [0, 0.1) is 12.7 Å². The number of benzene rings is 2. The molecule has 1 aliphatic rings. The fourth-order valence-electron chi connectivity index (χ4n) is 4.68. The first-order valence-corrected chi connectivity index (χ1v) is 14.3. The van der Waals surface area contributed by atoms with Gasteiger partial charge in [-0.15, -0.1) is 0 Å². The number of hydrogen-bond acceptors (Lipinski definition) is 8. The molecule has 0 aliphatic carbocycles. The topological polar surface area (TPSA) is 141 Å². The fraction of sp³-hybridized carbons (Fsp3) is 0.393. The second-order valence-electron chi connectivity index (χ2n) is 10.7. The third-order valence-electron chi connectivity index (χ3n) is 6.68. The molecule has 1 aliphatic heterocycles. The summed E-state index contributed by atoms with van der Waals surface area (Å²) in [5, 5.41) is 2.73. The Labute approximate surface area is 232 Å². The number of amides is 2. The number of fused-ring (bicyclic) bond motifs is 1. The van der Waals surface area contributed by atoms with Crippen molar-refractivity contribution >= 4 is 44.1 Å². The van der Waals surface area contributed by atoms with Gasteiger partial charge in [-0.2, -0.15) is 0 Å². The van der Waals surface area contributed by atoms with Gasteiger partial charge in [-0.3, -0.25) is 9.78 Å². The molecule has 2 aromatic carbocycles. The first kappa shape index (κ1) is 29.1. The molecule has 2 heterocycles. The number of ether oxygens (including phenoxy) is 2. The number of piperidine rings is 1. The maximum absolute atomic E-state index is 14.0. The number of anilines is 2. The Morgan fingerprint density at radius 2 is 1.82 bits per heavy atom. The number of likely N-dealkylation sites (tertiary alicyclic amines) is 1. The molecule has 1 aromatic heterocycles. The molecule has 1 saturated heterocycles. The lowest BCUT2D eigenvalue weighted by Crippen LogP contribution is -2.44. The number of aromatic nitrogens is 1. The average molecular weight is 573 g/mol. The highest BCUT2D eigenvalue weighted by atomic mass is 32.2. The van der Waals surface area contributed by atoms with Gasteiger partial charge in [-0.1, -0.05) is 0 Å². The van der Waals surface area contributed by atoms with Crippen LogP contribution in [0.2, 0.25) is 0 Å². The highest BCUT2D eigenvalue weighted by Gasteiger charge is 2.35. The van der Waals surface area contributed by atoms with E-state index in [-0.39, 0.29) is 47.8 Å². The molecule has 0 spiro atoms. The van der Waals surface area contributed by atoms with E-state index in [1.54, 1.807) is 33.8 Å². The Balaban J connectivity index is 1.71. The molecule has 3 N–H and O–H groups in total. The van der Waals surface area contributed by atoms with Gasteiger partial charge in [0.15, 0.2) is 21.4 Å². The first-order valence-electron chi connectivity index (χ1n) is 12.8. The molecular weight excluding hydrogens is 539 g/mol. The van der Waals surface area contributed by atoms with Crippen molar-refractivity contribution in [2.75, 3.05) is 25.5 Å². The van der Waals surface area contributed by atoms with E-state index in [1.165, 1.54) is 42.5 Å². The molecule has 12 heteroatoms. The predicted octanol–water partition coefficient (Wildman–Crippen LogP) is 4.71. The van der Waals surface area contributed by atoms with Crippen LogP contribution < -0.4 is 15.8 Å². The minimum absolute atomic E-state index is 0.0128. The van der Waals surface area contributed by atoms with E-state index in [1.807, 2.05) is 0 Å². The van der Waals surface area contributed by atoms with E-state index in [0.717, 1.165) is 0 Å². The summed E-state index contributed by atoms with van der Waals surface area (Å²) in [6.07, 6.45) is 1.35. The van der Waals surface area contributed by atoms with Crippen molar-refractivity contribution in [3.8, 4) is 5.75 Å². The van der Waals surface area contributed by atoms with Gasteiger partial charge in [-0.05, 0) is 70.4 Å². The largest absolute Gasteiger partial charge is 0.494 e. The lowest BCUT2D eigenvalue weighted by molar-refractivity contribution is 0.0217. The van der Waals surface area contributed by atoms with Gasteiger partial charge in [0.25, 0.3) is 5.91 Å². The normalized spacial score (nSPS) is 14.7. The number of nitrogens with two attached hydrogens (primary N) is 1. The van der Waals surface area contributed by atoms with Gasteiger partial charge in [0.1, 0.15) is 5.60 Å². The second-order valence-corrected chi connectivity index (χ2v) is 13.0. The van der Waals surface area contributed by atoms with Crippen LogP contribution in [0.5, 0.6) is 5.75 Å². The number of nitrogens with zero attached hydrogens (tertiary/aromatic N) is 2. The zero-order valence-corrected chi connectivity index (χ0v) is 23.9. The number of nitrogens with one attached hydrogen (secondary N) is 1. The maximum atomic E-state index is 14.0. The number of rotatable bonds is 6. The van der Waals surface area contributed by atoms with Crippen LogP contribution in [0.3, 0.4) is 0 Å². The molecule has 0 atom stereocenters. The summed E-state index contributed by atoms with van der Waals surface area (Å²) in [5.74, 6) is -1.35. The number of halogens is 1. The Kier molecular flexibility index (Phi) is 7.93. The summed E-state index contributed by atoms with van der Waals surface area (Å²) < 4.78 is 52.0. The number of methoxy groups -OCH3 is 1. The Bertz CT molecular complexity index is 1580. The van der Waals surface area contributed by atoms with E-state index in [9.17, 15) is 22.4 Å². The molecule has 0 saturated carbocycles. The van der Waals surface area contributed by atoms with E-state index in [0.29, 0.717) is 22.2 Å². The predicted molar refractivity (Wildman–Crippen MR) is 149 cm³/mol. The molecular formula is C28H33FN4O6S. The maximum Gasteiger partial charge on any atom is 0.410 e. The Morgan fingerprint density at radius 3 is 2.42 bits per heavy atom. The number of hydrogen-bond donors (Lipinski definition) is 2. The molecule has 4 rings (SSSR count). The van der Waals surface area contributed by atoms with Gasteiger partial charge in [-0.25, -0.2) is 17.6 Å². The standard InChI is InChI=1S/C28H33FN4O6S/c1-16-12-19(40(36,37)18-8-10-33(11-9-18)27(35)39-28(2,3)4)14-20-24(16)31-15-21(26(30)34)25(20)32-17-6-7-22(29)23(13-17)38-5/h6-7,12-15,18H,8-11H2,1-5H3,(H2,30,34)(H,31,32). The zero-order chi connectivity index (χ0) is 29.4. The summed E-state index contributed by atoms with van der Waals surface area (Å²) in [5.41, 5.74) is 6.71. The van der Waals surface area contributed by atoms with E-state index >= 15 is 0 Å². The molecule has 214 valence electrons. The van der Waals surface area contributed by atoms with Gasteiger partial charge in [0.05, 0.1) is 34.0 Å². The van der Waals surface area contributed by atoms with Gasteiger partial charge in [0.2, 0.25) is 0 Å². The van der Waals surface area contributed by atoms with Crippen molar-refractivity contribution in [1.29, 1.82) is 0 Å². The molecule has 10 nitrogen and oxygen atoms in total. The summed E-state index contributed by atoms with van der Waals surface area (Å²) >= 11 is 0. The Hall–Kier alpha value is -3.93. The molecule has 1 fully saturated rings. The molecule has 0 unspecified atom stereocenters. The number of pyridine rings is 1. The first-order chi connectivity index (χ1) is 18.7. The number of carbonyl (C=O) groups is 2. The van der Waals surface area contributed by atoms with Crippen LogP contribution in [-0.2, 0) is 14.6 Å². The molecule has 3 aromatic rings. The van der Waals surface area contributed by atoms with Crippen molar-refractivity contribution in [3.05, 3.63) is 53.5 Å². The van der Waals surface area contributed by atoms with Crippen molar-refractivity contribution in [2.24, 2.45) is 5.73 Å². The molecule has 0 bridgehead atoms. The van der Waals surface area contributed by atoms with Crippen molar-refractivity contribution in [2.45, 2.75) is 56.3 Å². The van der Waals surface area contributed by atoms with E-state index < -0.39 is 38.5 Å². The van der Waals surface area contributed by atoms with Gasteiger partial charge in [0, 0.05) is 36.4 Å². The summed E-state index contributed by atoms with van der Waals surface area (Å²) in [6, 6.07) is 7.11. The van der Waals surface area contributed by atoms with Crippen LogP contribution in [0.1, 0.15) is 49.5 Å². The number of carbonyl (C=O) groups excluding carboxylic acids is 2. The number of sulfone groups is 1. The van der Waals surface area contributed by atoms with Crippen LogP contribution in [0.4, 0.5) is 20.6 Å². The van der Waals surface area contributed by atoms with Crippen molar-refractivity contribution in [1.82, 2.24) is 9.88 Å². The van der Waals surface area contributed by atoms with Crippen LogP contribution >= 0.6 is 0 Å². The molecule has 2 amide bonds. The molecule has 40 heavy (non-hydrogen) atoms. The summed E-state index contributed by atoms with van der Waals surface area (Å²) in [6.45, 7) is 7.55. The number of aryl methyl sites for hydroxylation is 1. The molecule has 0 radical (unpaired) electrons. The Morgan fingerprint density at radius 1 is 1.15 bits per heavy atom. The van der Waals surface area contributed by atoms with Crippen LogP contribution in [-0.4, -0.2) is 61.4 Å². The van der Waals surface area contributed by atoms with Crippen LogP contribution in [0.25, 0.3) is 10.9 Å². The zero-order valence-electron chi connectivity index (χ0n) is 23.1. The summed E-state index contributed by atoms with van der Waals surface area (Å²) in [7, 11) is -2.49. The second kappa shape index (κ2) is 10.9. The minimum atomic E-state index is -3.82. The average Bonchev–Trinajstić information content (AvgIpc) is 2.88. The third kappa shape index (κ3) is 5.96. The van der Waals surface area contributed by atoms with Gasteiger partial charge < -0.3 is 25.4 Å². The van der Waals surface area contributed by atoms with Crippen molar-refractivity contribution in [3.63, 3.8) is 0 Å². The highest BCUT2D eigenvalue weighted by molar-refractivity contribution is 7.92. The van der Waals surface area contributed by atoms with E-state index in [2.05, 4.69) is 10.3 Å². The highest BCUT2D eigenvalue weighted by Crippen LogP contribution is 2.35. The third-order valence-corrected chi connectivity index (χ3v) is 8.92. The van der Waals surface area contributed by atoms with E-state index in [4.69, 9.17) is 15.2 Å². The lowest BCUT2D eigenvalue weighted by Gasteiger charge is -2.33. The fourth-order valence-corrected chi connectivity index (χ4v) is 6.52. The monoisotopic (exact) mass is 572 g/mol.